The Balaban J connectivity index is 2.24. The van der Waals surface area contributed by atoms with Crippen molar-refractivity contribution in [3.05, 3.63) is 32.4 Å². The quantitative estimate of drug-likeness (QED) is 0.732. The third kappa shape index (κ3) is 2.80. The molecule has 2 rings (SSSR count). The van der Waals surface area contributed by atoms with Crippen LogP contribution in [0.2, 0.25) is 0 Å². The first-order valence-corrected chi connectivity index (χ1v) is 6.81. The molecule has 1 saturated heterocycles. The maximum Gasteiger partial charge on any atom is 0.254 e. The summed E-state index contributed by atoms with van der Waals surface area (Å²) in [6.45, 7) is 6.78. The zero-order valence-corrected chi connectivity index (χ0v) is 12.3. The summed E-state index contributed by atoms with van der Waals surface area (Å²) >= 11 is 2.32. The first-order chi connectivity index (χ1) is 8.09. The molecule has 0 bridgehead atoms. The normalized spacial score (nSPS) is 16.1. The van der Waals surface area contributed by atoms with Crippen LogP contribution in [-0.2, 0) is 4.74 Å². The summed E-state index contributed by atoms with van der Waals surface area (Å²) in [4.78, 5) is 14.1. The Hall–Kier alpha value is -0.620. The third-order valence-electron chi connectivity index (χ3n) is 2.98. The van der Waals surface area contributed by atoms with Crippen LogP contribution in [0.15, 0.2) is 12.1 Å². The monoisotopic (exact) mass is 345 g/mol. The fraction of sp³-hybridized carbons (Fsp3) is 0.462. The highest BCUT2D eigenvalue weighted by molar-refractivity contribution is 14.1. The highest BCUT2D eigenvalue weighted by Gasteiger charge is 2.19. The Morgan fingerprint density at radius 2 is 1.76 bits per heavy atom. The molecular weight excluding hydrogens is 329 g/mol. The van der Waals surface area contributed by atoms with Crippen molar-refractivity contribution in [3.63, 3.8) is 0 Å². The minimum atomic E-state index is 0.121. The number of carbonyl (C=O) groups is 1. The molecule has 1 aromatic carbocycles. The third-order valence-corrected chi connectivity index (χ3v) is 4.68. The van der Waals surface area contributed by atoms with Crippen LogP contribution in [0.3, 0.4) is 0 Å². The maximum atomic E-state index is 12.3. The lowest BCUT2D eigenvalue weighted by Gasteiger charge is -2.27. The van der Waals surface area contributed by atoms with E-state index >= 15 is 0 Å². The van der Waals surface area contributed by atoms with Crippen LogP contribution in [0, 0.1) is 17.4 Å². The minimum absolute atomic E-state index is 0.121. The smallest absolute Gasteiger partial charge is 0.254 e. The van der Waals surface area contributed by atoms with Gasteiger partial charge < -0.3 is 9.64 Å². The molecule has 1 aromatic rings. The van der Waals surface area contributed by atoms with E-state index in [9.17, 15) is 4.79 Å². The van der Waals surface area contributed by atoms with E-state index in [1.54, 1.807) is 0 Å². The highest BCUT2D eigenvalue weighted by Crippen LogP contribution is 2.19. The van der Waals surface area contributed by atoms with E-state index < -0.39 is 0 Å². The topological polar surface area (TPSA) is 29.5 Å². The van der Waals surface area contributed by atoms with Gasteiger partial charge >= 0.3 is 0 Å². The van der Waals surface area contributed by atoms with Gasteiger partial charge in [0.2, 0.25) is 0 Å². The van der Waals surface area contributed by atoms with Gasteiger partial charge in [-0.15, -0.1) is 0 Å². The van der Waals surface area contributed by atoms with Crippen molar-refractivity contribution in [1.29, 1.82) is 0 Å². The molecule has 4 heteroatoms. The predicted octanol–water partition coefficient (Wildman–Crippen LogP) is 2.38. The molecular formula is C13H16INO2. The number of ether oxygens (including phenoxy) is 1. The van der Waals surface area contributed by atoms with Crippen LogP contribution in [0.1, 0.15) is 21.5 Å². The number of morpholine rings is 1. The van der Waals surface area contributed by atoms with E-state index in [0.717, 1.165) is 5.56 Å². The second-order valence-corrected chi connectivity index (χ2v) is 5.41. The molecule has 0 N–H and O–H groups in total. The Bertz CT molecular complexity index is 416. The van der Waals surface area contributed by atoms with Crippen molar-refractivity contribution in [2.24, 2.45) is 0 Å². The van der Waals surface area contributed by atoms with Crippen LogP contribution >= 0.6 is 22.6 Å². The first-order valence-electron chi connectivity index (χ1n) is 5.73. The highest BCUT2D eigenvalue weighted by atomic mass is 127. The largest absolute Gasteiger partial charge is 0.378 e. The molecule has 3 nitrogen and oxygen atoms in total. The Morgan fingerprint density at radius 3 is 2.29 bits per heavy atom. The number of rotatable bonds is 1. The van der Waals surface area contributed by atoms with E-state index in [4.69, 9.17) is 4.74 Å². The van der Waals surface area contributed by atoms with Gasteiger partial charge in [0, 0.05) is 22.2 Å². The first kappa shape index (κ1) is 12.8. The molecule has 0 saturated carbocycles. The molecule has 0 unspecified atom stereocenters. The van der Waals surface area contributed by atoms with Crippen molar-refractivity contribution in [3.8, 4) is 0 Å². The average molecular weight is 345 g/mol. The molecule has 0 radical (unpaired) electrons. The lowest BCUT2D eigenvalue weighted by Crippen LogP contribution is -2.40. The van der Waals surface area contributed by atoms with Crippen molar-refractivity contribution >= 4 is 28.5 Å². The van der Waals surface area contributed by atoms with Crippen molar-refractivity contribution in [1.82, 2.24) is 4.90 Å². The van der Waals surface area contributed by atoms with Crippen LogP contribution in [-0.4, -0.2) is 37.1 Å². The van der Waals surface area contributed by atoms with Crippen LogP contribution < -0.4 is 0 Å². The molecule has 1 fully saturated rings. The van der Waals surface area contributed by atoms with Crippen molar-refractivity contribution < 1.29 is 9.53 Å². The van der Waals surface area contributed by atoms with E-state index in [1.807, 2.05) is 30.9 Å². The number of benzene rings is 1. The van der Waals surface area contributed by atoms with Gasteiger partial charge in [-0.05, 0) is 59.7 Å². The maximum absolute atomic E-state index is 12.3. The zero-order valence-electron chi connectivity index (χ0n) is 10.1. The van der Waals surface area contributed by atoms with Gasteiger partial charge in [-0.1, -0.05) is 0 Å². The van der Waals surface area contributed by atoms with E-state index in [-0.39, 0.29) is 5.91 Å². The van der Waals surface area contributed by atoms with E-state index in [0.29, 0.717) is 26.3 Å². The predicted molar refractivity (Wildman–Crippen MR) is 75.4 cm³/mol. The Labute approximate surface area is 115 Å². The molecule has 0 atom stereocenters. The van der Waals surface area contributed by atoms with E-state index in [1.165, 1.54) is 14.7 Å². The number of halogens is 1. The molecule has 0 spiro atoms. The van der Waals surface area contributed by atoms with Crippen molar-refractivity contribution in [2.45, 2.75) is 13.8 Å². The molecule has 1 amide bonds. The van der Waals surface area contributed by atoms with Gasteiger partial charge in [0.05, 0.1) is 13.2 Å². The van der Waals surface area contributed by atoms with Gasteiger partial charge in [0.1, 0.15) is 0 Å². The fourth-order valence-corrected chi connectivity index (χ4v) is 2.33. The average Bonchev–Trinajstić information content (AvgIpc) is 2.35. The standard InChI is InChI=1S/C13H16INO2/c1-9-7-11(8-10(2)12(9)14)13(16)15-3-5-17-6-4-15/h7-8H,3-6H2,1-2H3. The summed E-state index contributed by atoms with van der Waals surface area (Å²) in [5.41, 5.74) is 3.13. The molecule has 0 aromatic heterocycles. The molecule has 92 valence electrons. The molecule has 0 aliphatic carbocycles. The summed E-state index contributed by atoms with van der Waals surface area (Å²) in [5, 5.41) is 0. The second-order valence-electron chi connectivity index (χ2n) is 4.33. The lowest BCUT2D eigenvalue weighted by atomic mass is 10.1. The Morgan fingerprint density at radius 1 is 1.24 bits per heavy atom. The number of hydrogen-bond acceptors (Lipinski definition) is 2. The summed E-state index contributed by atoms with van der Waals surface area (Å²) in [7, 11) is 0. The number of amides is 1. The number of aryl methyl sites for hydroxylation is 2. The summed E-state index contributed by atoms with van der Waals surface area (Å²) in [5.74, 6) is 0.121. The lowest BCUT2D eigenvalue weighted by molar-refractivity contribution is 0.0303. The zero-order chi connectivity index (χ0) is 12.4. The molecule has 1 aliphatic heterocycles. The Kier molecular flexibility index (Phi) is 4.04. The number of nitrogens with zero attached hydrogens (tertiary/aromatic N) is 1. The molecule has 1 aliphatic rings. The SMILES string of the molecule is Cc1cc(C(=O)N2CCOCC2)cc(C)c1I. The van der Waals surface area contributed by atoms with Crippen LogP contribution in [0.25, 0.3) is 0 Å². The number of hydrogen-bond donors (Lipinski definition) is 0. The second kappa shape index (κ2) is 5.35. The van der Waals surface area contributed by atoms with Crippen LogP contribution in [0.4, 0.5) is 0 Å². The van der Waals surface area contributed by atoms with Gasteiger partial charge in [0.15, 0.2) is 0 Å². The molecule has 17 heavy (non-hydrogen) atoms. The summed E-state index contributed by atoms with van der Waals surface area (Å²) in [6.07, 6.45) is 0. The summed E-state index contributed by atoms with van der Waals surface area (Å²) in [6, 6.07) is 3.96. The van der Waals surface area contributed by atoms with Gasteiger partial charge in [-0.2, -0.15) is 0 Å². The fourth-order valence-electron chi connectivity index (χ4n) is 2.02. The van der Waals surface area contributed by atoms with Gasteiger partial charge in [-0.25, -0.2) is 0 Å². The number of carbonyl (C=O) groups excluding carboxylic acids is 1. The van der Waals surface area contributed by atoms with Gasteiger partial charge in [0.25, 0.3) is 5.91 Å². The summed E-state index contributed by atoms with van der Waals surface area (Å²) < 4.78 is 6.49. The van der Waals surface area contributed by atoms with E-state index in [2.05, 4.69) is 22.6 Å². The van der Waals surface area contributed by atoms with Crippen molar-refractivity contribution in [2.75, 3.05) is 26.3 Å². The minimum Gasteiger partial charge on any atom is -0.378 e. The molecule has 1 heterocycles. The van der Waals surface area contributed by atoms with Crippen LogP contribution in [0.5, 0.6) is 0 Å². The van der Waals surface area contributed by atoms with Gasteiger partial charge in [-0.3, -0.25) is 4.79 Å².